The second-order valence-corrected chi connectivity index (χ2v) is 4.79. The summed E-state index contributed by atoms with van der Waals surface area (Å²) in [5.41, 5.74) is 0.571. The van der Waals surface area contributed by atoms with Gasteiger partial charge in [0.2, 0.25) is 0 Å². The molecule has 0 bridgehead atoms. The van der Waals surface area contributed by atoms with Crippen molar-refractivity contribution in [3.63, 3.8) is 0 Å². The van der Waals surface area contributed by atoms with Gasteiger partial charge in [0, 0.05) is 19.7 Å². The Labute approximate surface area is 112 Å². The minimum absolute atomic E-state index is 0.0872. The third-order valence-corrected chi connectivity index (χ3v) is 3.33. The van der Waals surface area contributed by atoms with Crippen molar-refractivity contribution >= 4 is 11.6 Å². The molecule has 0 aromatic heterocycles. The summed E-state index contributed by atoms with van der Waals surface area (Å²) < 4.78 is 19.0. The highest BCUT2D eigenvalue weighted by molar-refractivity contribution is 5.99. The number of benzene rings is 1. The maximum atomic E-state index is 13.6. The maximum absolute atomic E-state index is 13.6. The van der Waals surface area contributed by atoms with Gasteiger partial charge in [0.15, 0.2) is 0 Å². The lowest BCUT2D eigenvalue weighted by atomic mass is 10.0. The zero-order chi connectivity index (χ0) is 13.8. The fraction of sp³-hybridized carbons (Fsp3) is 0.500. The van der Waals surface area contributed by atoms with E-state index >= 15 is 0 Å². The van der Waals surface area contributed by atoms with Crippen molar-refractivity contribution in [2.24, 2.45) is 0 Å². The molecule has 1 aliphatic rings. The van der Waals surface area contributed by atoms with Crippen molar-refractivity contribution in [3.05, 3.63) is 29.6 Å². The van der Waals surface area contributed by atoms with Gasteiger partial charge in [-0.25, -0.2) is 4.39 Å². The minimum Gasteiger partial charge on any atom is -0.385 e. The van der Waals surface area contributed by atoms with Gasteiger partial charge in [-0.3, -0.25) is 4.79 Å². The molecule has 4 nitrogen and oxygen atoms in total. The van der Waals surface area contributed by atoms with E-state index in [4.69, 9.17) is 4.74 Å². The molecule has 0 aliphatic carbocycles. The van der Waals surface area contributed by atoms with E-state index in [2.05, 4.69) is 10.6 Å². The molecule has 2 rings (SSSR count). The summed E-state index contributed by atoms with van der Waals surface area (Å²) in [6.07, 6.45) is 1.73. The Morgan fingerprint density at radius 1 is 1.47 bits per heavy atom. The molecule has 19 heavy (non-hydrogen) atoms. The van der Waals surface area contributed by atoms with Crippen LogP contribution in [0.1, 0.15) is 30.1 Å². The normalized spacial score (nSPS) is 22.9. The Bertz CT molecular complexity index is 465. The van der Waals surface area contributed by atoms with Crippen LogP contribution in [0.2, 0.25) is 0 Å². The molecule has 1 fully saturated rings. The van der Waals surface area contributed by atoms with Crippen LogP contribution >= 0.6 is 0 Å². The van der Waals surface area contributed by atoms with E-state index in [1.807, 2.05) is 6.92 Å². The second-order valence-electron chi connectivity index (χ2n) is 4.79. The molecule has 0 spiro atoms. The molecule has 2 unspecified atom stereocenters. The first-order chi connectivity index (χ1) is 9.11. The number of carbonyl (C=O) groups excluding carboxylic acids is 1. The van der Waals surface area contributed by atoms with Gasteiger partial charge in [0.05, 0.1) is 17.4 Å². The molecular weight excluding hydrogens is 247 g/mol. The van der Waals surface area contributed by atoms with Crippen LogP contribution in [0.15, 0.2) is 18.2 Å². The van der Waals surface area contributed by atoms with Crippen LogP contribution in [0, 0.1) is 5.82 Å². The van der Waals surface area contributed by atoms with Gasteiger partial charge < -0.3 is 15.4 Å². The van der Waals surface area contributed by atoms with E-state index in [-0.39, 0.29) is 23.7 Å². The number of halogens is 1. The molecule has 5 heteroatoms. The number of hydrogen-bond donors (Lipinski definition) is 2. The first kappa shape index (κ1) is 13.8. The summed E-state index contributed by atoms with van der Waals surface area (Å²) in [6.45, 7) is 2.63. The molecule has 1 aromatic carbocycles. The van der Waals surface area contributed by atoms with Crippen molar-refractivity contribution in [2.45, 2.75) is 31.9 Å². The summed E-state index contributed by atoms with van der Waals surface area (Å²) in [6, 6.07) is 4.58. The van der Waals surface area contributed by atoms with Gasteiger partial charge in [0.1, 0.15) is 5.82 Å². The van der Waals surface area contributed by atoms with E-state index in [0.29, 0.717) is 12.2 Å². The molecule has 1 aliphatic heterocycles. The summed E-state index contributed by atoms with van der Waals surface area (Å²) >= 11 is 0. The number of carbonyl (C=O) groups is 1. The van der Waals surface area contributed by atoms with Crippen molar-refractivity contribution in [2.75, 3.05) is 19.0 Å². The summed E-state index contributed by atoms with van der Waals surface area (Å²) in [7, 11) is 1.60. The molecule has 1 saturated heterocycles. The minimum atomic E-state index is -0.421. The molecule has 1 amide bonds. The molecule has 0 saturated carbocycles. The van der Waals surface area contributed by atoms with E-state index in [1.165, 1.54) is 12.1 Å². The number of anilines is 1. The zero-order valence-electron chi connectivity index (χ0n) is 11.2. The van der Waals surface area contributed by atoms with Crippen LogP contribution in [0.4, 0.5) is 10.1 Å². The first-order valence-electron chi connectivity index (χ1n) is 6.50. The standard InChI is InChI=1S/C14H19FN2O2/c1-9-8-10(6-7-19-9)17-14(18)11-4-3-5-12(15)13(11)16-2/h3-5,9-10,16H,6-8H2,1-2H3,(H,17,18). The smallest absolute Gasteiger partial charge is 0.253 e. The van der Waals surface area contributed by atoms with E-state index < -0.39 is 5.82 Å². The number of hydrogen-bond acceptors (Lipinski definition) is 3. The van der Waals surface area contributed by atoms with Gasteiger partial charge in [-0.2, -0.15) is 0 Å². The van der Waals surface area contributed by atoms with Crippen LogP contribution in [-0.2, 0) is 4.74 Å². The Morgan fingerprint density at radius 2 is 2.26 bits per heavy atom. The SMILES string of the molecule is CNc1c(F)cccc1C(=O)NC1CCOC(C)C1. The summed E-state index contributed by atoms with van der Waals surface area (Å²) in [5, 5.41) is 5.67. The van der Waals surface area contributed by atoms with Crippen molar-refractivity contribution in [3.8, 4) is 0 Å². The fourth-order valence-electron chi connectivity index (χ4n) is 2.36. The largest absolute Gasteiger partial charge is 0.385 e. The molecule has 1 heterocycles. The number of nitrogens with one attached hydrogen (secondary N) is 2. The topological polar surface area (TPSA) is 50.4 Å². The third kappa shape index (κ3) is 3.23. The van der Waals surface area contributed by atoms with Crippen molar-refractivity contribution in [1.82, 2.24) is 5.32 Å². The summed E-state index contributed by atoms with van der Waals surface area (Å²) in [5.74, 6) is -0.668. The van der Waals surface area contributed by atoms with E-state index in [9.17, 15) is 9.18 Å². The molecule has 0 radical (unpaired) electrons. The van der Waals surface area contributed by atoms with Crippen LogP contribution in [0.5, 0.6) is 0 Å². The van der Waals surface area contributed by atoms with Gasteiger partial charge >= 0.3 is 0 Å². The van der Waals surface area contributed by atoms with Gasteiger partial charge in [-0.15, -0.1) is 0 Å². The zero-order valence-corrected chi connectivity index (χ0v) is 11.2. The number of ether oxygens (including phenoxy) is 1. The van der Waals surface area contributed by atoms with Crippen molar-refractivity contribution < 1.29 is 13.9 Å². The summed E-state index contributed by atoms with van der Waals surface area (Å²) in [4.78, 5) is 12.2. The number of rotatable bonds is 3. The Morgan fingerprint density at radius 3 is 2.95 bits per heavy atom. The van der Waals surface area contributed by atoms with Gasteiger partial charge in [-0.1, -0.05) is 6.07 Å². The van der Waals surface area contributed by atoms with Gasteiger partial charge in [-0.05, 0) is 31.9 Å². The lowest BCUT2D eigenvalue weighted by molar-refractivity contribution is 0.0136. The van der Waals surface area contributed by atoms with E-state index in [1.54, 1.807) is 13.1 Å². The maximum Gasteiger partial charge on any atom is 0.253 e. The Balaban J connectivity index is 2.09. The molecule has 1 aromatic rings. The predicted molar refractivity (Wildman–Crippen MR) is 71.8 cm³/mol. The molecule has 104 valence electrons. The van der Waals surface area contributed by atoms with Crippen LogP contribution < -0.4 is 10.6 Å². The highest BCUT2D eigenvalue weighted by atomic mass is 19.1. The highest BCUT2D eigenvalue weighted by Gasteiger charge is 2.22. The third-order valence-electron chi connectivity index (χ3n) is 3.33. The molecule has 2 atom stereocenters. The highest BCUT2D eigenvalue weighted by Crippen LogP contribution is 2.20. The average molecular weight is 266 g/mol. The quantitative estimate of drug-likeness (QED) is 0.881. The molecule has 2 N–H and O–H groups in total. The van der Waals surface area contributed by atoms with Crippen molar-refractivity contribution in [1.29, 1.82) is 0 Å². The average Bonchev–Trinajstić information content (AvgIpc) is 2.38. The van der Waals surface area contributed by atoms with Crippen LogP contribution in [0.3, 0.4) is 0 Å². The lowest BCUT2D eigenvalue weighted by Crippen LogP contribution is -2.41. The molecular formula is C14H19FN2O2. The van der Waals surface area contributed by atoms with Crippen LogP contribution in [-0.4, -0.2) is 31.7 Å². The Hall–Kier alpha value is -1.62. The fourth-order valence-corrected chi connectivity index (χ4v) is 2.36. The monoisotopic (exact) mass is 266 g/mol. The number of amides is 1. The second kappa shape index (κ2) is 6.02. The van der Waals surface area contributed by atoms with Crippen LogP contribution in [0.25, 0.3) is 0 Å². The number of para-hydroxylation sites is 1. The first-order valence-corrected chi connectivity index (χ1v) is 6.50. The van der Waals surface area contributed by atoms with Gasteiger partial charge in [0.25, 0.3) is 5.91 Å². The van der Waals surface area contributed by atoms with E-state index in [0.717, 1.165) is 12.8 Å². The lowest BCUT2D eigenvalue weighted by Gasteiger charge is -2.28. The Kier molecular flexibility index (Phi) is 4.37. The predicted octanol–water partition coefficient (Wildman–Crippen LogP) is 2.16.